The van der Waals surface area contributed by atoms with Gasteiger partial charge in [-0.3, -0.25) is 13.9 Å². The molecule has 0 atom stereocenters. The molecule has 0 unspecified atom stereocenters. The number of nitrogen functional groups attached to an aromatic ring is 1. The van der Waals surface area contributed by atoms with Crippen LogP contribution in [0.4, 0.5) is 5.82 Å². The molecule has 0 spiro atoms. The van der Waals surface area contributed by atoms with Gasteiger partial charge in [0, 0.05) is 25.2 Å². The van der Waals surface area contributed by atoms with Crippen LogP contribution in [-0.4, -0.2) is 28.3 Å². The van der Waals surface area contributed by atoms with Crippen LogP contribution in [0.1, 0.15) is 5.56 Å². The van der Waals surface area contributed by atoms with Crippen LogP contribution < -0.4 is 26.5 Å². The third-order valence-electron chi connectivity index (χ3n) is 4.40. The Hall–Kier alpha value is -3.80. The van der Waals surface area contributed by atoms with Gasteiger partial charge in [0.05, 0.1) is 19.6 Å². The summed E-state index contributed by atoms with van der Waals surface area (Å²) in [6, 6.07) is 6.99. The number of anilines is 1. The number of nitrogens with zero attached hydrogens (tertiary/aromatic N) is 4. The van der Waals surface area contributed by atoms with Gasteiger partial charge in [-0.25, -0.2) is 9.78 Å². The van der Waals surface area contributed by atoms with Gasteiger partial charge in [-0.05, 0) is 18.2 Å². The van der Waals surface area contributed by atoms with E-state index in [4.69, 9.17) is 15.2 Å². The Labute approximate surface area is 153 Å². The van der Waals surface area contributed by atoms with Gasteiger partial charge in [-0.2, -0.15) is 5.26 Å². The molecular weight excluding hydrogens is 350 g/mol. The number of nitrogens with two attached hydrogens (primary N) is 1. The molecule has 0 saturated heterocycles. The highest BCUT2D eigenvalue weighted by atomic mass is 16.5. The molecule has 2 heterocycles. The Morgan fingerprint density at radius 1 is 1.15 bits per heavy atom. The third kappa shape index (κ3) is 2.58. The summed E-state index contributed by atoms with van der Waals surface area (Å²) < 4.78 is 12.8. The minimum absolute atomic E-state index is 0.0183. The number of ether oxygens (including phenoxy) is 2. The number of hydrogen-bond donors (Lipinski definition) is 1. The zero-order valence-electron chi connectivity index (χ0n) is 15.2. The number of pyridine rings is 1. The average molecular weight is 367 g/mol. The Kier molecular flexibility index (Phi) is 4.33. The molecule has 0 radical (unpaired) electrons. The SMILES string of the molecule is COc1ccc(OC)c(-c2c(C#N)c(N)nc3c2c(=O)n(C)c(=O)n3C)c1. The predicted octanol–water partition coefficient (Wildman–Crippen LogP) is 0.770. The van der Waals surface area contributed by atoms with Gasteiger partial charge in [0.15, 0.2) is 5.65 Å². The van der Waals surface area contributed by atoms with Crippen molar-refractivity contribution in [2.45, 2.75) is 0 Å². The molecule has 2 aromatic heterocycles. The number of rotatable bonds is 3. The summed E-state index contributed by atoms with van der Waals surface area (Å²) in [5, 5.41) is 9.77. The van der Waals surface area contributed by atoms with E-state index in [1.165, 1.54) is 32.9 Å². The fourth-order valence-corrected chi connectivity index (χ4v) is 3.00. The van der Waals surface area contributed by atoms with Gasteiger partial charge < -0.3 is 15.2 Å². The van der Waals surface area contributed by atoms with Crippen molar-refractivity contribution in [3.8, 4) is 28.7 Å². The predicted molar refractivity (Wildman–Crippen MR) is 99.9 cm³/mol. The van der Waals surface area contributed by atoms with Gasteiger partial charge in [0.25, 0.3) is 5.56 Å². The van der Waals surface area contributed by atoms with Crippen molar-refractivity contribution >= 4 is 16.9 Å². The molecule has 0 aliphatic heterocycles. The van der Waals surface area contributed by atoms with Crippen LogP contribution in [0.25, 0.3) is 22.2 Å². The van der Waals surface area contributed by atoms with E-state index < -0.39 is 11.2 Å². The minimum atomic E-state index is -0.586. The fourth-order valence-electron chi connectivity index (χ4n) is 3.00. The number of methoxy groups -OCH3 is 2. The van der Waals surface area contributed by atoms with Gasteiger partial charge in [-0.1, -0.05) is 0 Å². The molecule has 138 valence electrons. The van der Waals surface area contributed by atoms with Gasteiger partial charge in [0.2, 0.25) is 0 Å². The number of nitriles is 1. The van der Waals surface area contributed by atoms with E-state index in [1.807, 2.05) is 6.07 Å². The largest absolute Gasteiger partial charge is 0.497 e. The van der Waals surface area contributed by atoms with Crippen molar-refractivity contribution in [2.75, 3.05) is 20.0 Å². The summed E-state index contributed by atoms with van der Waals surface area (Å²) in [5.41, 5.74) is 5.62. The smallest absolute Gasteiger partial charge is 0.332 e. The second-order valence-corrected chi connectivity index (χ2v) is 5.83. The van der Waals surface area contributed by atoms with E-state index >= 15 is 0 Å². The zero-order valence-corrected chi connectivity index (χ0v) is 15.2. The number of aromatic nitrogens is 3. The summed E-state index contributed by atoms with van der Waals surface area (Å²) in [6.45, 7) is 0. The molecule has 3 aromatic rings. The molecule has 2 N–H and O–H groups in total. The normalized spacial score (nSPS) is 10.6. The lowest BCUT2D eigenvalue weighted by atomic mass is 9.96. The van der Waals surface area contributed by atoms with Crippen LogP contribution in [0.15, 0.2) is 27.8 Å². The lowest BCUT2D eigenvalue weighted by Gasteiger charge is -2.16. The monoisotopic (exact) mass is 367 g/mol. The molecule has 0 aliphatic carbocycles. The maximum Gasteiger partial charge on any atom is 0.332 e. The highest BCUT2D eigenvalue weighted by molar-refractivity contribution is 5.99. The first kappa shape index (κ1) is 18.0. The molecule has 0 bridgehead atoms. The number of benzene rings is 1. The zero-order chi connectivity index (χ0) is 19.9. The molecular formula is C18H17N5O4. The van der Waals surface area contributed by atoms with Crippen molar-refractivity contribution in [3.05, 3.63) is 44.6 Å². The first-order valence-electron chi connectivity index (χ1n) is 7.87. The molecule has 27 heavy (non-hydrogen) atoms. The molecule has 0 amide bonds. The van der Waals surface area contributed by atoms with E-state index in [0.717, 1.165) is 4.57 Å². The minimum Gasteiger partial charge on any atom is -0.497 e. The molecule has 9 heteroatoms. The van der Waals surface area contributed by atoms with Crippen molar-refractivity contribution in [1.82, 2.24) is 14.1 Å². The maximum atomic E-state index is 12.9. The summed E-state index contributed by atoms with van der Waals surface area (Å²) in [6.07, 6.45) is 0. The lowest BCUT2D eigenvalue weighted by molar-refractivity contribution is 0.404. The van der Waals surface area contributed by atoms with Crippen LogP contribution in [0.3, 0.4) is 0 Å². The number of hydrogen-bond acceptors (Lipinski definition) is 7. The van der Waals surface area contributed by atoms with E-state index in [-0.39, 0.29) is 28.0 Å². The topological polar surface area (TPSA) is 125 Å². The summed E-state index contributed by atoms with van der Waals surface area (Å²) in [4.78, 5) is 29.3. The quantitative estimate of drug-likeness (QED) is 0.725. The first-order chi connectivity index (χ1) is 12.8. The Morgan fingerprint density at radius 3 is 2.44 bits per heavy atom. The molecule has 0 aliphatic rings. The number of fused-ring (bicyclic) bond motifs is 1. The van der Waals surface area contributed by atoms with E-state index in [1.54, 1.807) is 18.2 Å². The second kappa shape index (κ2) is 6.49. The van der Waals surface area contributed by atoms with E-state index in [0.29, 0.717) is 17.1 Å². The first-order valence-corrected chi connectivity index (χ1v) is 7.87. The van der Waals surface area contributed by atoms with Crippen molar-refractivity contribution in [1.29, 1.82) is 5.26 Å². The van der Waals surface area contributed by atoms with Crippen molar-refractivity contribution < 1.29 is 9.47 Å². The summed E-state index contributed by atoms with van der Waals surface area (Å²) in [7, 11) is 5.81. The van der Waals surface area contributed by atoms with Crippen molar-refractivity contribution in [3.63, 3.8) is 0 Å². The van der Waals surface area contributed by atoms with Gasteiger partial charge in [-0.15, -0.1) is 0 Å². The maximum absolute atomic E-state index is 12.9. The molecule has 9 nitrogen and oxygen atoms in total. The highest BCUT2D eigenvalue weighted by Gasteiger charge is 2.23. The van der Waals surface area contributed by atoms with E-state index in [2.05, 4.69) is 4.98 Å². The Morgan fingerprint density at radius 2 is 1.85 bits per heavy atom. The average Bonchev–Trinajstić information content (AvgIpc) is 2.69. The molecule has 0 saturated carbocycles. The van der Waals surface area contributed by atoms with Crippen LogP contribution in [0.5, 0.6) is 11.5 Å². The summed E-state index contributed by atoms with van der Waals surface area (Å²) in [5.74, 6) is 0.822. The highest BCUT2D eigenvalue weighted by Crippen LogP contribution is 2.39. The Balaban J connectivity index is 2.67. The molecule has 1 aromatic carbocycles. The molecule has 0 fully saturated rings. The lowest BCUT2D eigenvalue weighted by Crippen LogP contribution is -2.37. The van der Waals surface area contributed by atoms with Gasteiger partial charge in [0.1, 0.15) is 28.9 Å². The van der Waals surface area contributed by atoms with E-state index in [9.17, 15) is 14.9 Å². The van der Waals surface area contributed by atoms with Crippen molar-refractivity contribution in [2.24, 2.45) is 14.1 Å². The fraction of sp³-hybridized carbons (Fsp3) is 0.222. The second-order valence-electron chi connectivity index (χ2n) is 5.83. The standard InChI is InChI=1S/C18H17N5O4/c1-22-16-14(17(24)23(2)18(22)25)13(11(8-19)15(20)21-16)10-7-9(26-3)5-6-12(10)27-4/h5-7H,1-4H3,(H2,20,21). The summed E-state index contributed by atoms with van der Waals surface area (Å²) >= 11 is 0. The van der Waals surface area contributed by atoms with Crippen LogP contribution in [0, 0.1) is 11.3 Å². The van der Waals surface area contributed by atoms with Crippen LogP contribution in [0.2, 0.25) is 0 Å². The Bertz CT molecular complexity index is 1230. The van der Waals surface area contributed by atoms with Crippen LogP contribution in [-0.2, 0) is 14.1 Å². The van der Waals surface area contributed by atoms with Gasteiger partial charge >= 0.3 is 5.69 Å². The molecule has 3 rings (SSSR count). The van der Waals surface area contributed by atoms with Crippen LogP contribution >= 0.6 is 0 Å². The number of aryl methyl sites for hydroxylation is 1. The third-order valence-corrected chi connectivity index (χ3v) is 4.40.